The molecule has 0 saturated heterocycles. The first-order chi connectivity index (χ1) is 6.63. The van der Waals surface area contributed by atoms with Crippen molar-refractivity contribution in [3.05, 3.63) is 17.8 Å². The van der Waals surface area contributed by atoms with Gasteiger partial charge in [-0.1, -0.05) is 0 Å². The van der Waals surface area contributed by atoms with Gasteiger partial charge in [0.25, 0.3) is 6.47 Å². The number of carbonyl (C=O) groups is 2. The second kappa shape index (κ2) is 4.08. The molecule has 1 aromatic heterocycles. The fourth-order valence-corrected chi connectivity index (χ4v) is 0.772. The van der Waals surface area contributed by atoms with E-state index in [1.54, 1.807) is 0 Å². The van der Waals surface area contributed by atoms with Crippen LogP contribution in [0.15, 0.2) is 12.1 Å². The van der Waals surface area contributed by atoms with Gasteiger partial charge in [0, 0.05) is 12.1 Å². The van der Waals surface area contributed by atoms with Gasteiger partial charge in [-0.3, -0.25) is 9.89 Å². The third kappa shape index (κ3) is 2.34. The normalized spacial score (nSPS) is 11.0. The molecule has 7 heteroatoms. The topological polar surface area (TPSA) is 118 Å². The molecule has 0 unspecified atom stereocenters. The van der Waals surface area contributed by atoms with E-state index in [1.807, 2.05) is 0 Å². The number of rotatable bonds is 4. The summed E-state index contributed by atoms with van der Waals surface area (Å²) in [5, 5.41) is 14.3. The van der Waals surface area contributed by atoms with Gasteiger partial charge < -0.3 is 15.6 Å². The molecule has 0 aromatic carbocycles. The zero-order valence-electron chi connectivity index (χ0n) is 6.93. The molecule has 0 aliphatic heterocycles. The maximum Gasteiger partial charge on any atom is 0.330 e. The maximum absolute atomic E-state index is 10.2. The van der Waals surface area contributed by atoms with E-state index >= 15 is 0 Å². The van der Waals surface area contributed by atoms with E-state index in [0.717, 1.165) is 6.08 Å². The molecule has 1 heterocycles. The largest absolute Gasteiger partial charge is 0.478 e. The van der Waals surface area contributed by atoms with Gasteiger partial charge in [0.05, 0.1) is 11.4 Å². The van der Waals surface area contributed by atoms with Crippen LogP contribution in [0.4, 0.5) is 0 Å². The Kier molecular flexibility index (Phi) is 2.85. The van der Waals surface area contributed by atoms with Gasteiger partial charge in [-0.05, 0) is 0 Å². The number of aromatic nitrogens is 2. The lowest BCUT2D eigenvalue weighted by Gasteiger charge is -1.92. The minimum atomic E-state index is -1.17. The number of aliphatic carboxylic acids is 1. The summed E-state index contributed by atoms with van der Waals surface area (Å²) in [5.41, 5.74) is 5.63. The highest BCUT2D eigenvalue weighted by atomic mass is 16.5. The lowest BCUT2D eigenvalue weighted by Crippen LogP contribution is -2.00. The van der Waals surface area contributed by atoms with E-state index < -0.39 is 5.97 Å². The van der Waals surface area contributed by atoms with Crippen molar-refractivity contribution < 1.29 is 19.4 Å². The molecule has 0 aliphatic rings. The maximum atomic E-state index is 10.2. The Hall–Kier alpha value is -2.31. The second-order valence-electron chi connectivity index (χ2n) is 2.27. The minimum Gasteiger partial charge on any atom is -0.478 e. The van der Waals surface area contributed by atoms with Gasteiger partial charge in [-0.25, -0.2) is 4.79 Å². The number of nitrogens with one attached hydrogen (secondary N) is 1. The van der Waals surface area contributed by atoms with Crippen molar-refractivity contribution in [1.29, 1.82) is 0 Å². The van der Waals surface area contributed by atoms with Gasteiger partial charge in [-0.2, -0.15) is 0 Å². The number of nitrogens with zero attached hydrogens (tertiary/aromatic N) is 1. The Labute approximate surface area is 78.2 Å². The van der Waals surface area contributed by atoms with Crippen LogP contribution in [0.25, 0.3) is 5.70 Å². The number of carbonyl (C=O) groups excluding carboxylic acids is 1. The molecule has 7 nitrogen and oxygen atoms in total. The summed E-state index contributed by atoms with van der Waals surface area (Å²) in [6.07, 6.45) is 0.804. The first-order valence-corrected chi connectivity index (χ1v) is 3.49. The van der Waals surface area contributed by atoms with Gasteiger partial charge in [0.1, 0.15) is 0 Å². The Balaban J connectivity index is 2.85. The summed E-state index contributed by atoms with van der Waals surface area (Å²) in [5.74, 6) is -1.15. The van der Waals surface area contributed by atoms with Crippen LogP contribution in [0.1, 0.15) is 5.69 Å². The summed E-state index contributed by atoms with van der Waals surface area (Å²) in [7, 11) is 0. The third-order valence-electron chi connectivity index (χ3n) is 1.31. The van der Waals surface area contributed by atoms with E-state index in [9.17, 15) is 9.59 Å². The molecule has 0 amide bonds. The minimum absolute atomic E-state index is 0.00857. The van der Waals surface area contributed by atoms with Crippen LogP contribution in [0, 0.1) is 0 Å². The van der Waals surface area contributed by atoms with Crippen LogP contribution in [0.5, 0.6) is 5.88 Å². The Morgan fingerprint density at radius 2 is 2.43 bits per heavy atom. The molecule has 0 radical (unpaired) electrons. The van der Waals surface area contributed by atoms with E-state index in [-0.39, 0.29) is 23.7 Å². The number of ether oxygens (including phenoxy) is 1. The van der Waals surface area contributed by atoms with Crippen molar-refractivity contribution in [2.24, 2.45) is 5.73 Å². The van der Waals surface area contributed by atoms with Crippen molar-refractivity contribution in [2.45, 2.75) is 0 Å². The monoisotopic (exact) mass is 197 g/mol. The zero-order chi connectivity index (χ0) is 10.6. The molecule has 0 atom stereocenters. The predicted molar refractivity (Wildman–Crippen MR) is 45.1 cm³/mol. The fraction of sp³-hybridized carbons (Fsp3) is 0. The molecule has 74 valence electrons. The predicted octanol–water partition coefficient (Wildman–Crippen LogP) is -0.671. The molecule has 0 aliphatic carbocycles. The van der Waals surface area contributed by atoms with Crippen LogP contribution >= 0.6 is 0 Å². The molecule has 1 rings (SSSR count). The molecular weight excluding hydrogens is 190 g/mol. The first-order valence-electron chi connectivity index (χ1n) is 3.49. The summed E-state index contributed by atoms with van der Waals surface area (Å²) >= 11 is 0. The molecule has 14 heavy (non-hydrogen) atoms. The van der Waals surface area contributed by atoms with Crippen molar-refractivity contribution in [2.75, 3.05) is 0 Å². The first kappa shape index (κ1) is 9.78. The molecule has 0 spiro atoms. The number of carboxylic acid groups (broad SMARTS) is 1. The third-order valence-corrected chi connectivity index (χ3v) is 1.31. The standard InChI is InChI=1S/C7H7N3O4/c8-4(1-7(12)13)5-2-6(10-9-5)14-3-11/h1-3H,8H2,(H,9,10)(H,12,13)/b4-1-. The van der Waals surface area contributed by atoms with E-state index in [0.29, 0.717) is 0 Å². The van der Waals surface area contributed by atoms with Crippen LogP contribution in [-0.2, 0) is 9.59 Å². The second-order valence-corrected chi connectivity index (χ2v) is 2.27. The molecule has 1 aromatic rings. The SMILES string of the molecule is N/C(=C\C(=O)O)c1cc(OC=O)n[nH]1. The quantitative estimate of drug-likeness (QED) is 0.435. The van der Waals surface area contributed by atoms with E-state index in [4.69, 9.17) is 10.8 Å². The van der Waals surface area contributed by atoms with Crippen molar-refractivity contribution >= 4 is 18.1 Å². The zero-order valence-corrected chi connectivity index (χ0v) is 6.93. The molecule has 0 fully saturated rings. The Bertz CT molecular complexity index is 382. The Morgan fingerprint density at radius 3 is 3.00 bits per heavy atom. The molecular formula is C7H7N3O4. The van der Waals surface area contributed by atoms with Gasteiger partial charge in [0.2, 0.25) is 5.88 Å². The number of hydrogen-bond acceptors (Lipinski definition) is 5. The lowest BCUT2D eigenvalue weighted by atomic mass is 10.3. The molecule has 0 saturated carbocycles. The summed E-state index contributed by atoms with van der Waals surface area (Å²) in [6, 6.07) is 1.31. The highest BCUT2D eigenvalue weighted by molar-refractivity contribution is 5.88. The van der Waals surface area contributed by atoms with Crippen molar-refractivity contribution in [1.82, 2.24) is 10.2 Å². The van der Waals surface area contributed by atoms with Gasteiger partial charge in [-0.15, -0.1) is 5.10 Å². The van der Waals surface area contributed by atoms with Gasteiger partial charge in [0.15, 0.2) is 0 Å². The number of H-pyrrole nitrogens is 1. The van der Waals surface area contributed by atoms with Crippen molar-refractivity contribution in [3.63, 3.8) is 0 Å². The van der Waals surface area contributed by atoms with Crippen LogP contribution in [0.2, 0.25) is 0 Å². The van der Waals surface area contributed by atoms with Crippen LogP contribution in [-0.4, -0.2) is 27.7 Å². The highest BCUT2D eigenvalue weighted by Gasteiger charge is 2.05. The fourth-order valence-electron chi connectivity index (χ4n) is 0.772. The number of hydrogen-bond donors (Lipinski definition) is 3. The lowest BCUT2D eigenvalue weighted by molar-refractivity contribution is -0.131. The average Bonchev–Trinajstić information content (AvgIpc) is 2.52. The van der Waals surface area contributed by atoms with E-state index in [1.165, 1.54) is 6.07 Å². The molecule has 0 bridgehead atoms. The smallest absolute Gasteiger partial charge is 0.330 e. The highest BCUT2D eigenvalue weighted by Crippen LogP contribution is 2.11. The van der Waals surface area contributed by atoms with Crippen LogP contribution < -0.4 is 10.5 Å². The molecule has 4 N–H and O–H groups in total. The van der Waals surface area contributed by atoms with Crippen molar-refractivity contribution in [3.8, 4) is 5.88 Å². The summed E-state index contributed by atoms with van der Waals surface area (Å²) in [6.45, 7) is 0.205. The number of nitrogens with two attached hydrogens (primary N) is 1. The average molecular weight is 197 g/mol. The summed E-state index contributed by atoms with van der Waals surface area (Å²) < 4.78 is 4.39. The number of aromatic amines is 1. The van der Waals surface area contributed by atoms with Crippen LogP contribution in [0.3, 0.4) is 0 Å². The number of carboxylic acids is 1. The van der Waals surface area contributed by atoms with E-state index in [2.05, 4.69) is 14.9 Å². The summed E-state index contributed by atoms with van der Waals surface area (Å²) in [4.78, 5) is 20.2. The van der Waals surface area contributed by atoms with Gasteiger partial charge >= 0.3 is 5.97 Å². The Morgan fingerprint density at radius 1 is 1.71 bits per heavy atom.